The van der Waals surface area contributed by atoms with E-state index in [-0.39, 0.29) is 5.56 Å². The number of benzene rings is 1. The van der Waals surface area contributed by atoms with Crippen molar-refractivity contribution < 1.29 is 15.3 Å². The molecule has 0 aliphatic carbocycles. The lowest BCUT2D eigenvalue weighted by molar-refractivity contribution is 0.0208. The van der Waals surface area contributed by atoms with Crippen molar-refractivity contribution in [2.24, 2.45) is 0 Å². The van der Waals surface area contributed by atoms with Gasteiger partial charge in [0.25, 0.3) is 5.56 Å². The third-order valence-corrected chi connectivity index (χ3v) is 4.09. The molecule has 17 heavy (non-hydrogen) atoms. The minimum Gasteiger partial charge on any atom is -0.394 e. The maximum absolute atomic E-state index is 12.1. The van der Waals surface area contributed by atoms with E-state index in [4.69, 9.17) is 0 Å². The average molecular weight is 255 g/mol. The van der Waals surface area contributed by atoms with Crippen molar-refractivity contribution in [3.05, 3.63) is 34.6 Å². The number of nitrogens with zero attached hydrogens (tertiary/aromatic N) is 1. The summed E-state index contributed by atoms with van der Waals surface area (Å²) in [5, 5.41) is 28.4. The molecule has 2 rings (SSSR count). The molecule has 0 unspecified atom stereocenters. The van der Waals surface area contributed by atoms with Gasteiger partial charge < -0.3 is 15.3 Å². The Kier molecular flexibility index (Phi) is 3.30. The van der Waals surface area contributed by atoms with Gasteiger partial charge in [-0.3, -0.25) is 4.79 Å². The van der Waals surface area contributed by atoms with Crippen molar-refractivity contribution in [2.45, 2.75) is 5.54 Å². The fourth-order valence-electron chi connectivity index (χ4n) is 1.63. The number of hydrogen-bond donors (Lipinski definition) is 3. The highest BCUT2D eigenvalue weighted by Crippen LogP contribution is 2.23. The molecule has 1 aromatic carbocycles. The van der Waals surface area contributed by atoms with Gasteiger partial charge in [0.15, 0.2) is 0 Å². The summed E-state index contributed by atoms with van der Waals surface area (Å²) in [7, 11) is 0. The molecule has 0 spiro atoms. The molecule has 0 amide bonds. The van der Waals surface area contributed by atoms with Crippen LogP contribution in [0, 0.1) is 0 Å². The van der Waals surface area contributed by atoms with Crippen LogP contribution in [0.2, 0.25) is 0 Å². The molecule has 0 aliphatic heterocycles. The van der Waals surface area contributed by atoms with Crippen LogP contribution in [0.3, 0.4) is 0 Å². The van der Waals surface area contributed by atoms with Gasteiger partial charge in [-0.05, 0) is 12.1 Å². The Balaban J connectivity index is 2.70. The topological polar surface area (TPSA) is 82.7 Å². The normalized spacial score (nSPS) is 12.2. The van der Waals surface area contributed by atoms with Crippen molar-refractivity contribution in [3.8, 4) is 0 Å². The molecular formula is C11H13NO4S. The molecule has 0 atom stereocenters. The number of aliphatic hydroxyl groups is 3. The second kappa shape index (κ2) is 4.58. The summed E-state index contributed by atoms with van der Waals surface area (Å²) in [5.74, 6) is 0. The first kappa shape index (κ1) is 12.3. The van der Waals surface area contributed by atoms with Crippen LogP contribution in [0.4, 0.5) is 0 Å². The molecule has 0 fully saturated rings. The van der Waals surface area contributed by atoms with E-state index < -0.39 is 25.4 Å². The van der Waals surface area contributed by atoms with Gasteiger partial charge in [-0.1, -0.05) is 23.7 Å². The Morgan fingerprint density at radius 1 is 1.12 bits per heavy atom. The summed E-state index contributed by atoms with van der Waals surface area (Å²) in [6.45, 7) is -1.48. The molecule has 0 aliphatic rings. The minimum atomic E-state index is -1.33. The summed E-state index contributed by atoms with van der Waals surface area (Å²) >= 11 is 1.13. The Bertz CT molecular complexity index is 562. The largest absolute Gasteiger partial charge is 0.394 e. The smallest absolute Gasteiger partial charge is 0.269 e. The van der Waals surface area contributed by atoms with E-state index in [1.165, 1.54) is 3.96 Å². The first-order valence-electron chi connectivity index (χ1n) is 5.12. The van der Waals surface area contributed by atoms with E-state index in [1.54, 1.807) is 24.3 Å². The predicted octanol–water partition coefficient (Wildman–Crippen LogP) is -0.265. The standard InChI is InChI=1S/C11H13NO4S/c13-5-11(6-14,7-15)12-10(16)8-3-1-2-4-9(8)17-12/h1-4,13-15H,5-7H2. The highest BCUT2D eigenvalue weighted by Gasteiger charge is 2.33. The van der Waals surface area contributed by atoms with Gasteiger partial charge in [0, 0.05) is 0 Å². The molecule has 3 N–H and O–H groups in total. The van der Waals surface area contributed by atoms with E-state index >= 15 is 0 Å². The molecule has 0 bridgehead atoms. The summed E-state index contributed by atoms with van der Waals surface area (Å²) < 4.78 is 2.01. The first-order valence-corrected chi connectivity index (χ1v) is 5.90. The van der Waals surface area contributed by atoms with E-state index in [1.807, 2.05) is 0 Å². The van der Waals surface area contributed by atoms with Crippen LogP contribution < -0.4 is 5.56 Å². The second-order valence-electron chi connectivity index (χ2n) is 3.89. The van der Waals surface area contributed by atoms with Gasteiger partial charge in [0.05, 0.1) is 29.9 Å². The third kappa shape index (κ3) is 1.79. The van der Waals surface area contributed by atoms with Crippen LogP contribution in [0.25, 0.3) is 10.1 Å². The molecule has 0 radical (unpaired) electrons. The van der Waals surface area contributed by atoms with Gasteiger partial charge in [0.2, 0.25) is 0 Å². The zero-order valence-electron chi connectivity index (χ0n) is 9.04. The highest BCUT2D eigenvalue weighted by molar-refractivity contribution is 7.13. The molecular weight excluding hydrogens is 242 g/mol. The number of rotatable bonds is 4. The van der Waals surface area contributed by atoms with Crippen LogP contribution in [-0.2, 0) is 5.54 Å². The molecule has 5 nitrogen and oxygen atoms in total. The summed E-state index contributed by atoms with van der Waals surface area (Å²) in [5.41, 5.74) is -1.64. The minimum absolute atomic E-state index is 0.303. The van der Waals surface area contributed by atoms with Crippen LogP contribution in [-0.4, -0.2) is 39.1 Å². The molecule has 0 saturated heterocycles. The Hall–Kier alpha value is -1.21. The lowest BCUT2D eigenvalue weighted by Gasteiger charge is -2.27. The Labute approximate surface area is 101 Å². The van der Waals surface area contributed by atoms with E-state index in [9.17, 15) is 20.1 Å². The lowest BCUT2D eigenvalue weighted by Crippen LogP contribution is -2.47. The van der Waals surface area contributed by atoms with Crippen LogP contribution in [0.15, 0.2) is 29.1 Å². The van der Waals surface area contributed by atoms with Gasteiger partial charge in [0.1, 0.15) is 5.54 Å². The van der Waals surface area contributed by atoms with Crippen LogP contribution in [0.5, 0.6) is 0 Å². The highest BCUT2D eigenvalue weighted by atomic mass is 32.1. The molecule has 6 heteroatoms. The lowest BCUT2D eigenvalue weighted by atomic mass is 10.0. The summed E-state index contributed by atoms with van der Waals surface area (Å²) in [4.78, 5) is 12.1. The maximum Gasteiger partial charge on any atom is 0.269 e. The third-order valence-electron chi connectivity index (χ3n) is 2.81. The SMILES string of the molecule is O=c1c2ccccc2sn1C(CO)(CO)CO. The Morgan fingerprint density at radius 2 is 1.71 bits per heavy atom. The van der Waals surface area contributed by atoms with E-state index in [2.05, 4.69) is 0 Å². The zero-order valence-corrected chi connectivity index (χ0v) is 9.85. The molecule has 2 aromatic rings. The quantitative estimate of drug-likeness (QED) is 0.702. The van der Waals surface area contributed by atoms with Crippen LogP contribution >= 0.6 is 11.5 Å². The van der Waals surface area contributed by atoms with Crippen molar-refractivity contribution in [1.29, 1.82) is 0 Å². The second-order valence-corrected chi connectivity index (χ2v) is 4.87. The fraction of sp³-hybridized carbons (Fsp3) is 0.364. The van der Waals surface area contributed by atoms with Crippen LogP contribution in [0.1, 0.15) is 0 Å². The Morgan fingerprint density at radius 3 is 2.24 bits per heavy atom. The maximum atomic E-state index is 12.1. The average Bonchev–Trinajstić information content (AvgIpc) is 2.72. The fourth-order valence-corrected chi connectivity index (χ4v) is 2.76. The van der Waals surface area contributed by atoms with Gasteiger partial charge in [-0.25, -0.2) is 3.96 Å². The van der Waals surface area contributed by atoms with Gasteiger partial charge >= 0.3 is 0 Å². The molecule has 1 aromatic heterocycles. The summed E-state index contributed by atoms with van der Waals surface area (Å²) in [6.07, 6.45) is 0. The van der Waals surface area contributed by atoms with Crippen molar-refractivity contribution in [1.82, 2.24) is 3.96 Å². The van der Waals surface area contributed by atoms with Crippen molar-refractivity contribution in [3.63, 3.8) is 0 Å². The number of aromatic nitrogens is 1. The van der Waals surface area contributed by atoms with E-state index in [0.717, 1.165) is 16.2 Å². The number of aliphatic hydroxyl groups excluding tert-OH is 3. The number of fused-ring (bicyclic) bond motifs is 1. The molecule has 0 saturated carbocycles. The predicted molar refractivity (Wildman–Crippen MR) is 65.3 cm³/mol. The van der Waals surface area contributed by atoms with Crippen molar-refractivity contribution in [2.75, 3.05) is 19.8 Å². The van der Waals surface area contributed by atoms with Crippen molar-refractivity contribution >= 4 is 21.6 Å². The molecule has 1 heterocycles. The van der Waals surface area contributed by atoms with Gasteiger partial charge in [-0.2, -0.15) is 0 Å². The van der Waals surface area contributed by atoms with E-state index in [0.29, 0.717) is 5.39 Å². The number of hydrogen-bond acceptors (Lipinski definition) is 5. The summed E-state index contributed by atoms with van der Waals surface area (Å²) in [6, 6.07) is 7.02. The van der Waals surface area contributed by atoms with Gasteiger partial charge in [-0.15, -0.1) is 0 Å². The monoisotopic (exact) mass is 255 g/mol. The zero-order chi connectivity index (χ0) is 12.5. The first-order chi connectivity index (χ1) is 8.18. The molecule has 92 valence electrons.